The Kier molecular flexibility index (Phi) is 6.52. The van der Waals surface area contributed by atoms with Gasteiger partial charge in [-0.05, 0) is 19.3 Å². The lowest BCUT2D eigenvalue weighted by Crippen LogP contribution is -2.47. The van der Waals surface area contributed by atoms with Gasteiger partial charge in [-0.3, -0.25) is 9.59 Å². The van der Waals surface area contributed by atoms with Crippen molar-refractivity contribution in [2.45, 2.75) is 65.6 Å². The maximum Gasteiger partial charge on any atom is 0.243 e. The molecule has 1 aliphatic rings. The molecular formula is C21H29N5O3S. The van der Waals surface area contributed by atoms with Crippen LogP contribution in [0.2, 0.25) is 0 Å². The molecule has 8 nitrogen and oxygen atoms in total. The van der Waals surface area contributed by atoms with Gasteiger partial charge in [-0.25, -0.2) is 15.0 Å². The molecule has 0 spiro atoms. The van der Waals surface area contributed by atoms with Crippen molar-refractivity contribution >= 4 is 23.2 Å². The molecule has 1 saturated heterocycles. The molecule has 1 aliphatic heterocycles. The smallest absolute Gasteiger partial charge is 0.243 e. The number of likely N-dealkylation sites (tertiary alicyclic amines) is 1. The minimum atomic E-state index is -0.690. The highest BCUT2D eigenvalue weighted by Crippen LogP contribution is 2.26. The molecule has 1 fully saturated rings. The summed E-state index contributed by atoms with van der Waals surface area (Å²) in [4.78, 5) is 41.0. The van der Waals surface area contributed by atoms with E-state index in [0.717, 1.165) is 16.1 Å². The molecule has 3 rings (SSSR count). The van der Waals surface area contributed by atoms with Crippen LogP contribution >= 0.6 is 11.3 Å². The standard InChI is InChI=1S/C21H29N5O3S/c1-12(14-8-22-19(23-9-14)18-13(2)24-11-30-18)25-20(29)16-6-15(27)10-26(16)17(28)7-21(3,4)5/h8-9,11-12,15-16,27H,6-7,10H2,1-5H3,(H,25,29)/t12?,15-,16+/m1/s1. The average molecular weight is 432 g/mol. The molecule has 30 heavy (non-hydrogen) atoms. The third-order valence-electron chi connectivity index (χ3n) is 5.06. The molecule has 2 amide bonds. The van der Waals surface area contributed by atoms with Gasteiger partial charge in [-0.2, -0.15) is 0 Å². The van der Waals surface area contributed by atoms with Gasteiger partial charge in [-0.1, -0.05) is 20.8 Å². The van der Waals surface area contributed by atoms with Gasteiger partial charge in [0.15, 0.2) is 5.82 Å². The predicted octanol–water partition coefficient (Wildman–Crippen LogP) is 2.48. The van der Waals surface area contributed by atoms with Crippen molar-refractivity contribution in [2.24, 2.45) is 5.41 Å². The van der Waals surface area contributed by atoms with Gasteiger partial charge in [0.2, 0.25) is 11.8 Å². The number of aromatic nitrogens is 3. The first-order valence-corrected chi connectivity index (χ1v) is 10.9. The van der Waals surface area contributed by atoms with Crippen LogP contribution in [0.3, 0.4) is 0 Å². The minimum absolute atomic E-state index is 0.112. The van der Waals surface area contributed by atoms with Crippen molar-refractivity contribution in [3.63, 3.8) is 0 Å². The fourth-order valence-electron chi connectivity index (χ4n) is 3.48. The number of carbonyl (C=O) groups is 2. The molecule has 0 bridgehead atoms. The summed E-state index contributed by atoms with van der Waals surface area (Å²) in [5.41, 5.74) is 3.22. The number of nitrogens with one attached hydrogen (secondary N) is 1. The van der Waals surface area contributed by atoms with E-state index in [2.05, 4.69) is 20.3 Å². The van der Waals surface area contributed by atoms with E-state index < -0.39 is 12.1 Å². The lowest BCUT2D eigenvalue weighted by molar-refractivity contribution is -0.140. The lowest BCUT2D eigenvalue weighted by Gasteiger charge is -2.28. The summed E-state index contributed by atoms with van der Waals surface area (Å²) in [6, 6.07) is -0.997. The third kappa shape index (κ3) is 5.20. The number of amides is 2. The van der Waals surface area contributed by atoms with Crippen molar-refractivity contribution < 1.29 is 14.7 Å². The van der Waals surface area contributed by atoms with Crippen molar-refractivity contribution in [1.82, 2.24) is 25.2 Å². The van der Waals surface area contributed by atoms with Crippen LogP contribution in [0.1, 0.15) is 57.8 Å². The number of nitrogens with zero attached hydrogens (tertiary/aromatic N) is 4. The maximum atomic E-state index is 12.9. The molecule has 0 aliphatic carbocycles. The van der Waals surface area contributed by atoms with Crippen LogP contribution in [0.4, 0.5) is 0 Å². The van der Waals surface area contributed by atoms with Gasteiger partial charge in [0, 0.05) is 37.3 Å². The summed E-state index contributed by atoms with van der Waals surface area (Å²) in [5, 5.41) is 13.0. The number of hydrogen-bond donors (Lipinski definition) is 2. The quantitative estimate of drug-likeness (QED) is 0.753. The zero-order valence-electron chi connectivity index (χ0n) is 18.0. The SMILES string of the molecule is Cc1ncsc1-c1ncc(C(C)NC(=O)[C@@H]2C[C@@H](O)CN2C(=O)CC(C)(C)C)cn1. The van der Waals surface area contributed by atoms with Crippen LogP contribution in [0.25, 0.3) is 10.7 Å². The Labute approximate surface area is 180 Å². The van der Waals surface area contributed by atoms with Crippen LogP contribution in [-0.4, -0.2) is 55.5 Å². The van der Waals surface area contributed by atoms with Crippen molar-refractivity contribution in [1.29, 1.82) is 0 Å². The average Bonchev–Trinajstić information content (AvgIpc) is 3.26. The van der Waals surface area contributed by atoms with Gasteiger partial charge in [-0.15, -0.1) is 11.3 Å². The first-order chi connectivity index (χ1) is 14.0. The van der Waals surface area contributed by atoms with Crippen LogP contribution in [-0.2, 0) is 9.59 Å². The number of thiazole rings is 1. The first kappa shape index (κ1) is 22.3. The van der Waals surface area contributed by atoms with E-state index in [4.69, 9.17) is 0 Å². The van der Waals surface area contributed by atoms with E-state index in [-0.39, 0.29) is 36.2 Å². The highest BCUT2D eigenvalue weighted by atomic mass is 32.1. The van der Waals surface area contributed by atoms with Crippen LogP contribution in [0.15, 0.2) is 17.9 Å². The van der Waals surface area contributed by atoms with Crippen molar-refractivity contribution in [2.75, 3.05) is 6.54 Å². The Hall–Kier alpha value is -2.39. The normalized spacial score (nSPS) is 20.3. The largest absolute Gasteiger partial charge is 0.391 e. The summed E-state index contributed by atoms with van der Waals surface area (Å²) in [5.74, 6) is 0.221. The number of aliphatic hydroxyl groups is 1. The zero-order chi connectivity index (χ0) is 22.1. The Morgan fingerprint density at radius 2 is 1.97 bits per heavy atom. The van der Waals surface area contributed by atoms with Crippen LogP contribution < -0.4 is 5.32 Å². The fourth-order valence-corrected chi connectivity index (χ4v) is 4.23. The summed E-state index contributed by atoms with van der Waals surface area (Å²) in [6.07, 6.45) is 3.27. The molecule has 3 atom stereocenters. The number of aliphatic hydroxyl groups excluding tert-OH is 1. The number of rotatable bonds is 5. The third-order valence-corrected chi connectivity index (χ3v) is 5.99. The van der Waals surface area contributed by atoms with E-state index in [1.54, 1.807) is 17.9 Å². The Balaban J connectivity index is 1.66. The van der Waals surface area contributed by atoms with Crippen LogP contribution in [0, 0.1) is 12.3 Å². The zero-order valence-corrected chi connectivity index (χ0v) is 18.9. The second-order valence-electron chi connectivity index (χ2n) is 9.03. The molecule has 3 heterocycles. The topological polar surface area (TPSA) is 108 Å². The lowest BCUT2D eigenvalue weighted by atomic mass is 9.91. The Morgan fingerprint density at radius 1 is 1.30 bits per heavy atom. The van der Waals surface area contributed by atoms with E-state index in [1.165, 1.54) is 16.2 Å². The molecule has 2 aromatic heterocycles. The van der Waals surface area contributed by atoms with Gasteiger partial charge >= 0.3 is 0 Å². The van der Waals surface area contributed by atoms with Gasteiger partial charge in [0.1, 0.15) is 6.04 Å². The second kappa shape index (κ2) is 8.77. The maximum absolute atomic E-state index is 12.9. The number of hydrogen-bond acceptors (Lipinski definition) is 7. The molecule has 9 heteroatoms. The Bertz CT molecular complexity index is 906. The van der Waals surface area contributed by atoms with Crippen molar-refractivity contribution in [3.05, 3.63) is 29.2 Å². The number of aryl methyl sites for hydroxylation is 1. The van der Waals surface area contributed by atoms with Gasteiger partial charge in [0.05, 0.1) is 28.2 Å². The molecule has 0 saturated carbocycles. The molecule has 162 valence electrons. The predicted molar refractivity (Wildman–Crippen MR) is 115 cm³/mol. The highest BCUT2D eigenvalue weighted by Gasteiger charge is 2.40. The van der Waals surface area contributed by atoms with Crippen molar-refractivity contribution in [3.8, 4) is 10.7 Å². The second-order valence-corrected chi connectivity index (χ2v) is 9.88. The van der Waals surface area contributed by atoms with Crippen LogP contribution in [0.5, 0.6) is 0 Å². The molecule has 2 N–H and O–H groups in total. The number of β-amino-alcohol motifs (C(OH)–C–C–N with tert-alkyl or cyclic N) is 1. The van der Waals surface area contributed by atoms with E-state index in [1.807, 2.05) is 34.6 Å². The Morgan fingerprint density at radius 3 is 2.53 bits per heavy atom. The molecule has 0 aromatic carbocycles. The number of carbonyl (C=O) groups excluding carboxylic acids is 2. The summed E-state index contributed by atoms with van der Waals surface area (Å²) >= 11 is 1.48. The molecule has 1 unspecified atom stereocenters. The van der Waals surface area contributed by atoms with E-state index in [0.29, 0.717) is 12.2 Å². The monoisotopic (exact) mass is 431 g/mol. The molecule has 2 aromatic rings. The fraction of sp³-hybridized carbons (Fsp3) is 0.571. The highest BCUT2D eigenvalue weighted by molar-refractivity contribution is 7.13. The molecular weight excluding hydrogens is 402 g/mol. The molecule has 0 radical (unpaired) electrons. The van der Waals surface area contributed by atoms with Gasteiger partial charge < -0.3 is 15.3 Å². The summed E-state index contributed by atoms with van der Waals surface area (Å²) in [7, 11) is 0. The first-order valence-electron chi connectivity index (χ1n) is 10.1. The minimum Gasteiger partial charge on any atom is -0.391 e. The summed E-state index contributed by atoms with van der Waals surface area (Å²) in [6.45, 7) is 9.88. The van der Waals surface area contributed by atoms with E-state index >= 15 is 0 Å². The van der Waals surface area contributed by atoms with E-state index in [9.17, 15) is 14.7 Å². The van der Waals surface area contributed by atoms with Gasteiger partial charge in [0.25, 0.3) is 0 Å². The summed E-state index contributed by atoms with van der Waals surface area (Å²) < 4.78 is 0.